The van der Waals surface area contributed by atoms with Crippen LogP contribution in [0.5, 0.6) is 5.75 Å². The van der Waals surface area contributed by atoms with Crippen LogP contribution in [-0.4, -0.2) is 48.5 Å². The van der Waals surface area contributed by atoms with E-state index in [1.165, 1.54) is 59.1 Å². The Morgan fingerprint density at radius 2 is 1.72 bits per heavy atom. The number of carbonyl (C=O) groups excluding carboxylic acids is 1. The average Bonchev–Trinajstić information content (AvgIpc) is 3.67. The molecule has 4 heteroatoms. The average molecular weight is 581 g/mol. The van der Waals surface area contributed by atoms with Crippen LogP contribution >= 0.6 is 0 Å². The molecule has 0 radical (unpaired) electrons. The lowest BCUT2D eigenvalue weighted by molar-refractivity contribution is 0.0628. The molecule has 7 unspecified atom stereocenters. The smallest absolute Gasteiger partial charge is 0.254 e. The molecule has 2 aromatic rings. The lowest BCUT2D eigenvalue weighted by atomic mass is 9.62. The predicted octanol–water partition coefficient (Wildman–Crippen LogP) is 8.40. The van der Waals surface area contributed by atoms with Gasteiger partial charge in [-0.15, -0.1) is 0 Å². The number of amides is 1. The Kier molecular flexibility index (Phi) is 7.73. The Morgan fingerprint density at radius 1 is 0.953 bits per heavy atom. The molecule has 5 aliphatic rings. The molecule has 0 spiro atoms. The summed E-state index contributed by atoms with van der Waals surface area (Å²) in [7, 11) is 0. The minimum absolute atomic E-state index is 0.00493. The lowest BCUT2D eigenvalue weighted by Gasteiger charge is -2.43. The standard InChI is InChI=1S/C39H52N2O2/c1-7-12-40(13-8-2)14-10-15-41-38-33-22-35-26(11-16-43-35)19-30(33)25(6)36(38)32-21-31-27(20-34(32)39(41)42)18-28-17-23(4)24(5)29(9-3)37(28)31/h19-24,28-29,36-38H,6-18H2,1-5H3. The van der Waals surface area contributed by atoms with Gasteiger partial charge in [0, 0.05) is 24.4 Å². The normalized spacial score (nSPS) is 30.1. The van der Waals surface area contributed by atoms with Crippen LogP contribution in [-0.2, 0) is 12.8 Å². The van der Waals surface area contributed by atoms with Crippen LogP contribution in [0.1, 0.15) is 128 Å². The molecule has 0 N–H and O–H groups in total. The second-order valence-corrected chi connectivity index (χ2v) is 14.6. The highest BCUT2D eigenvalue weighted by molar-refractivity contribution is 6.01. The van der Waals surface area contributed by atoms with Crippen LogP contribution in [0.2, 0.25) is 0 Å². The van der Waals surface area contributed by atoms with Gasteiger partial charge in [0.1, 0.15) is 5.75 Å². The molecule has 0 aromatic heterocycles. The van der Waals surface area contributed by atoms with E-state index in [0.29, 0.717) is 11.8 Å². The first kappa shape index (κ1) is 29.1. The zero-order valence-corrected chi connectivity index (χ0v) is 27.3. The van der Waals surface area contributed by atoms with Gasteiger partial charge in [-0.3, -0.25) is 4.79 Å². The van der Waals surface area contributed by atoms with Gasteiger partial charge in [0.05, 0.1) is 12.6 Å². The molecule has 2 aromatic carbocycles. The van der Waals surface area contributed by atoms with Crippen LogP contribution < -0.4 is 4.74 Å². The van der Waals surface area contributed by atoms with Crippen LogP contribution in [0, 0.1) is 23.7 Å². The fourth-order valence-electron chi connectivity index (χ4n) is 10.1. The third-order valence-corrected chi connectivity index (χ3v) is 12.2. The Bertz CT molecular complexity index is 1420. The topological polar surface area (TPSA) is 32.8 Å². The monoisotopic (exact) mass is 580 g/mol. The number of rotatable bonds is 9. The van der Waals surface area contributed by atoms with Gasteiger partial charge in [-0.1, -0.05) is 53.7 Å². The molecular formula is C39H52N2O2. The molecule has 2 aliphatic heterocycles. The van der Waals surface area contributed by atoms with E-state index in [1.54, 1.807) is 5.56 Å². The van der Waals surface area contributed by atoms with Crippen LogP contribution in [0.3, 0.4) is 0 Å². The third-order valence-electron chi connectivity index (χ3n) is 12.2. The number of nitrogens with zero attached hydrogens (tertiary/aromatic N) is 2. The van der Waals surface area contributed by atoms with Crippen molar-refractivity contribution in [3.63, 3.8) is 0 Å². The summed E-state index contributed by atoms with van der Waals surface area (Å²) in [4.78, 5) is 19.4. The van der Waals surface area contributed by atoms with Gasteiger partial charge >= 0.3 is 0 Å². The highest BCUT2D eigenvalue weighted by Crippen LogP contribution is 2.60. The second kappa shape index (κ2) is 11.4. The SMILES string of the molecule is C=C1c2cc3c(cc2C2C1c1cc4c(cc1C(=O)N2CCCN(CCC)CCC)CC1CC(C)C(C)C(CC)C41)OCC3. The van der Waals surface area contributed by atoms with Crippen LogP contribution in [0.25, 0.3) is 5.57 Å². The summed E-state index contributed by atoms with van der Waals surface area (Å²) in [5.74, 6) is 4.92. The largest absolute Gasteiger partial charge is 0.493 e. The molecule has 1 amide bonds. The van der Waals surface area contributed by atoms with Crippen LogP contribution in [0.15, 0.2) is 30.8 Å². The lowest BCUT2D eigenvalue weighted by Crippen LogP contribution is -2.42. The Hall–Kier alpha value is -2.59. The third kappa shape index (κ3) is 4.61. The number of hydrogen-bond acceptors (Lipinski definition) is 3. The summed E-state index contributed by atoms with van der Waals surface area (Å²) in [5.41, 5.74) is 10.2. The van der Waals surface area contributed by atoms with E-state index in [9.17, 15) is 4.79 Å². The molecular weight excluding hydrogens is 528 g/mol. The fraction of sp³-hybridized carbons (Fsp3) is 0.615. The van der Waals surface area contributed by atoms with E-state index >= 15 is 0 Å². The molecule has 0 saturated heterocycles. The van der Waals surface area contributed by atoms with Gasteiger partial charge in [0.2, 0.25) is 0 Å². The van der Waals surface area contributed by atoms with Crippen molar-refractivity contribution >= 4 is 11.5 Å². The van der Waals surface area contributed by atoms with Crippen molar-refractivity contribution < 1.29 is 9.53 Å². The minimum Gasteiger partial charge on any atom is -0.493 e. The molecule has 43 heavy (non-hydrogen) atoms. The molecule has 4 nitrogen and oxygen atoms in total. The molecule has 230 valence electrons. The number of hydrogen-bond donors (Lipinski definition) is 0. The summed E-state index contributed by atoms with van der Waals surface area (Å²) in [5, 5.41) is 0. The van der Waals surface area contributed by atoms with Crippen molar-refractivity contribution in [2.45, 2.75) is 97.4 Å². The maximum absolute atomic E-state index is 14.6. The fourth-order valence-corrected chi connectivity index (χ4v) is 10.1. The van der Waals surface area contributed by atoms with Crippen molar-refractivity contribution in [2.24, 2.45) is 23.7 Å². The highest BCUT2D eigenvalue weighted by atomic mass is 16.5. The summed E-state index contributed by atoms with van der Waals surface area (Å²) in [6, 6.07) is 9.46. The number of ether oxygens (including phenoxy) is 1. The van der Waals surface area contributed by atoms with Crippen molar-refractivity contribution in [2.75, 3.05) is 32.8 Å². The predicted molar refractivity (Wildman–Crippen MR) is 176 cm³/mol. The van der Waals surface area contributed by atoms with E-state index in [4.69, 9.17) is 11.3 Å². The van der Waals surface area contributed by atoms with Gasteiger partial charge in [-0.2, -0.15) is 0 Å². The zero-order chi connectivity index (χ0) is 30.0. The molecule has 1 saturated carbocycles. The Balaban J connectivity index is 1.29. The van der Waals surface area contributed by atoms with Gasteiger partial charge in [0.25, 0.3) is 5.91 Å². The first-order chi connectivity index (χ1) is 20.9. The molecule has 0 bridgehead atoms. The molecule has 2 heterocycles. The van der Waals surface area contributed by atoms with Gasteiger partial charge in [0.15, 0.2) is 0 Å². The Morgan fingerprint density at radius 3 is 2.47 bits per heavy atom. The molecule has 3 aliphatic carbocycles. The van der Waals surface area contributed by atoms with Crippen molar-refractivity contribution in [3.8, 4) is 5.75 Å². The van der Waals surface area contributed by atoms with E-state index in [2.05, 4.69) is 68.7 Å². The van der Waals surface area contributed by atoms with Gasteiger partial charge in [-0.05, 0) is 138 Å². The molecule has 1 fully saturated rings. The van der Waals surface area contributed by atoms with Gasteiger partial charge < -0.3 is 14.5 Å². The first-order valence-corrected chi connectivity index (χ1v) is 17.5. The second-order valence-electron chi connectivity index (χ2n) is 14.6. The van der Waals surface area contributed by atoms with Crippen LogP contribution in [0.4, 0.5) is 0 Å². The van der Waals surface area contributed by atoms with E-state index < -0.39 is 0 Å². The number of carbonyl (C=O) groups is 1. The maximum Gasteiger partial charge on any atom is 0.254 e. The minimum atomic E-state index is 0.00493. The van der Waals surface area contributed by atoms with E-state index in [0.717, 1.165) is 81.1 Å². The van der Waals surface area contributed by atoms with E-state index in [1.807, 2.05) is 0 Å². The molecule has 7 atom stereocenters. The highest BCUT2D eigenvalue weighted by Gasteiger charge is 2.50. The van der Waals surface area contributed by atoms with Crippen molar-refractivity contribution in [3.05, 3.63) is 69.8 Å². The summed E-state index contributed by atoms with van der Waals surface area (Å²) < 4.78 is 6.06. The number of benzene rings is 2. The van der Waals surface area contributed by atoms with Crippen molar-refractivity contribution in [1.29, 1.82) is 0 Å². The van der Waals surface area contributed by atoms with E-state index in [-0.39, 0.29) is 17.9 Å². The Labute approximate surface area is 259 Å². The van der Waals surface area contributed by atoms with Gasteiger partial charge in [-0.25, -0.2) is 0 Å². The summed E-state index contributed by atoms with van der Waals surface area (Å²) >= 11 is 0. The zero-order valence-electron chi connectivity index (χ0n) is 27.3. The molecule has 7 rings (SSSR count). The number of fused-ring (bicyclic) bond motifs is 9. The first-order valence-electron chi connectivity index (χ1n) is 17.5. The summed E-state index contributed by atoms with van der Waals surface area (Å²) in [6.45, 7) is 21.5. The summed E-state index contributed by atoms with van der Waals surface area (Å²) in [6.07, 6.45) is 7.97. The quantitative estimate of drug-likeness (QED) is 0.299. The van der Waals surface area contributed by atoms with Crippen molar-refractivity contribution in [1.82, 2.24) is 9.80 Å². The maximum atomic E-state index is 14.6.